The Morgan fingerprint density at radius 1 is 1.39 bits per heavy atom. The largest absolute Gasteiger partial charge is 0.491 e. The molecule has 3 nitrogen and oxygen atoms in total. The number of thioether (sulfide) groups is 1. The van der Waals surface area contributed by atoms with Crippen LogP contribution >= 0.6 is 11.8 Å². The Morgan fingerprint density at radius 3 is 2.78 bits per heavy atom. The Balaban J connectivity index is 2.25. The van der Waals surface area contributed by atoms with E-state index in [1.165, 1.54) is 0 Å². The first-order valence-corrected chi connectivity index (χ1v) is 7.61. The highest BCUT2D eigenvalue weighted by molar-refractivity contribution is 7.98. The first kappa shape index (κ1) is 15.3. The molecule has 0 saturated carbocycles. The lowest BCUT2D eigenvalue weighted by molar-refractivity contribution is 0.104. The second-order valence-corrected chi connectivity index (χ2v) is 5.41. The number of aliphatic hydroxyl groups excluding tert-OH is 1. The Labute approximate surface area is 114 Å². The number of hydrogen-bond acceptors (Lipinski definition) is 4. The second-order valence-electron chi connectivity index (χ2n) is 4.49. The normalized spacial score (nSPS) is 14.2. The average molecular weight is 269 g/mol. The van der Waals surface area contributed by atoms with Crippen LogP contribution in [0.15, 0.2) is 24.3 Å². The van der Waals surface area contributed by atoms with E-state index < -0.39 is 6.10 Å². The van der Waals surface area contributed by atoms with Crippen LogP contribution in [0.4, 0.5) is 0 Å². The Kier molecular flexibility index (Phi) is 7.16. The van der Waals surface area contributed by atoms with E-state index in [0.717, 1.165) is 17.1 Å². The van der Waals surface area contributed by atoms with Crippen molar-refractivity contribution in [1.82, 2.24) is 5.32 Å². The summed E-state index contributed by atoms with van der Waals surface area (Å²) in [7, 11) is 0. The van der Waals surface area contributed by atoms with Gasteiger partial charge in [0.15, 0.2) is 0 Å². The smallest absolute Gasteiger partial charge is 0.122 e. The van der Waals surface area contributed by atoms with E-state index in [1.807, 2.05) is 31.2 Å². The third-order valence-electron chi connectivity index (χ3n) is 2.64. The van der Waals surface area contributed by atoms with Crippen LogP contribution in [-0.4, -0.2) is 42.4 Å². The molecule has 0 aliphatic heterocycles. The minimum atomic E-state index is -0.478. The molecule has 0 heterocycles. The summed E-state index contributed by atoms with van der Waals surface area (Å²) in [6, 6.07) is 8.25. The number of aliphatic hydroxyl groups is 1. The van der Waals surface area contributed by atoms with E-state index in [1.54, 1.807) is 11.8 Å². The van der Waals surface area contributed by atoms with Gasteiger partial charge in [0, 0.05) is 18.3 Å². The molecular weight excluding hydrogens is 246 g/mol. The minimum absolute atomic E-state index is 0.323. The van der Waals surface area contributed by atoms with Gasteiger partial charge in [0.1, 0.15) is 18.5 Å². The molecule has 2 N–H and O–H groups in total. The van der Waals surface area contributed by atoms with Gasteiger partial charge in [-0.2, -0.15) is 11.8 Å². The van der Waals surface area contributed by atoms with Crippen LogP contribution in [0.1, 0.15) is 12.5 Å². The molecule has 0 amide bonds. The lowest BCUT2D eigenvalue weighted by Crippen LogP contribution is -2.37. The van der Waals surface area contributed by atoms with Gasteiger partial charge < -0.3 is 15.2 Å². The molecule has 1 aromatic rings. The van der Waals surface area contributed by atoms with Gasteiger partial charge in [-0.1, -0.05) is 18.2 Å². The number of ether oxygens (including phenoxy) is 1. The summed E-state index contributed by atoms with van der Waals surface area (Å²) in [6.07, 6.45) is 1.60. The number of rotatable bonds is 8. The van der Waals surface area contributed by atoms with Gasteiger partial charge in [0.2, 0.25) is 0 Å². The summed E-state index contributed by atoms with van der Waals surface area (Å²) >= 11 is 1.80. The quantitative estimate of drug-likeness (QED) is 0.758. The predicted octanol–water partition coefficient (Wildman–Crippen LogP) is 2.08. The van der Waals surface area contributed by atoms with Gasteiger partial charge in [-0.25, -0.2) is 0 Å². The van der Waals surface area contributed by atoms with Crippen LogP contribution in [-0.2, 0) is 0 Å². The maximum absolute atomic E-state index is 9.82. The van der Waals surface area contributed by atoms with Crippen LogP contribution in [0.5, 0.6) is 5.75 Å². The molecule has 1 aromatic carbocycles. The number of hydrogen-bond donors (Lipinski definition) is 2. The van der Waals surface area contributed by atoms with Crippen molar-refractivity contribution in [2.45, 2.75) is 26.0 Å². The fourth-order valence-electron chi connectivity index (χ4n) is 1.61. The molecule has 0 spiro atoms. The zero-order chi connectivity index (χ0) is 13.4. The summed E-state index contributed by atoms with van der Waals surface area (Å²) in [5.74, 6) is 1.89. The molecule has 0 fully saturated rings. The second kappa shape index (κ2) is 8.40. The molecule has 0 aliphatic carbocycles. The Hall–Kier alpha value is -0.710. The zero-order valence-electron chi connectivity index (χ0n) is 11.3. The molecule has 18 heavy (non-hydrogen) atoms. The molecule has 0 saturated heterocycles. The van der Waals surface area contributed by atoms with Crippen molar-refractivity contribution in [2.24, 2.45) is 0 Å². The number of benzene rings is 1. The van der Waals surface area contributed by atoms with E-state index in [0.29, 0.717) is 19.2 Å². The highest BCUT2D eigenvalue weighted by Gasteiger charge is 2.08. The first-order chi connectivity index (χ1) is 8.63. The topological polar surface area (TPSA) is 41.5 Å². The van der Waals surface area contributed by atoms with E-state index in [2.05, 4.69) is 18.5 Å². The third-order valence-corrected chi connectivity index (χ3v) is 3.48. The van der Waals surface area contributed by atoms with Crippen LogP contribution < -0.4 is 10.1 Å². The number of para-hydroxylation sites is 1. The molecule has 0 bridgehead atoms. The average Bonchev–Trinajstić information content (AvgIpc) is 2.36. The molecule has 0 aliphatic rings. The van der Waals surface area contributed by atoms with Crippen molar-refractivity contribution >= 4 is 11.8 Å². The summed E-state index contributed by atoms with van der Waals surface area (Å²) in [6.45, 7) is 5.00. The van der Waals surface area contributed by atoms with Crippen molar-refractivity contribution in [1.29, 1.82) is 0 Å². The SMILES string of the molecule is CSCC(C)NCC(O)COc1ccccc1C. The summed E-state index contributed by atoms with van der Waals surface area (Å²) in [5, 5.41) is 13.1. The predicted molar refractivity (Wildman–Crippen MR) is 78.5 cm³/mol. The lowest BCUT2D eigenvalue weighted by Gasteiger charge is -2.17. The molecular formula is C14H23NO2S. The van der Waals surface area contributed by atoms with Gasteiger partial charge in [0.05, 0.1) is 0 Å². The van der Waals surface area contributed by atoms with Crippen molar-refractivity contribution in [3.05, 3.63) is 29.8 Å². The van der Waals surface area contributed by atoms with E-state index in [-0.39, 0.29) is 0 Å². The van der Waals surface area contributed by atoms with Gasteiger partial charge in [-0.3, -0.25) is 0 Å². The zero-order valence-corrected chi connectivity index (χ0v) is 12.2. The van der Waals surface area contributed by atoms with E-state index in [4.69, 9.17) is 4.74 Å². The number of nitrogens with one attached hydrogen (secondary N) is 1. The van der Waals surface area contributed by atoms with Gasteiger partial charge >= 0.3 is 0 Å². The van der Waals surface area contributed by atoms with E-state index in [9.17, 15) is 5.11 Å². The minimum Gasteiger partial charge on any atom is -0.491 e. The van der Waals surface area contributed by atoms with Crippen LogP contribution in [0.2, 0.25) is 0 Å². The summed E-state index contributed by atoms with van der Waals surface area (Å²) in [4.78, 5) is 0. The molecule has 4 heteroatoms. The standard InChI is InChI=1S/C14H23NO2S/c1-11-6-4-5-7-14(11)17-9-13(16)8-15-12(2)10-18-3/h4-7,12-13,15-16H,8-10H2,1-3H3. The maximum Gasteiger partial charge on any atom is 0.122 e. The lowest BCUT2D eigenvalue weighted by atomic mass is 10.2. The van der Waals surface area contributed by atoms with E-state index >= 15 is 0 Å². The molecule has 0 aromatic heterocycles. The summed E-state index contributed by atoms with van der Waals surface area (Å²) < 4.78 is 5.60. The number of aryl methyl sites for hydroxylation is 1. The van der Waals surface area contributed by atoms with Crippen molar-refractivity contribution in [3.63, 3.8) is 0 Å². The highest BCUT2D eigenvalue weighted by Crippen LogP contribution is 2.16. The van der Waals surface area contributed by atoms with Crippen LogP contribution in [0.3, 0.4) is 0 Å². The summed E-state index contributed by atoms with van der Waals surface area (Å²) in [5.41, 5.74) is 1.09. The van der Waals surface area contributed by atoms with Crippen LogP contribution in [0, 0.1) is 6.92 Å². The Morgan fingerprint density at radius 2 is 2.11 bits per heavy atom. The highest BCUT2D eigenvalue weighted by atomic mass is 32.2. The maximum atomic E-state index is 9.82. The van der Waals surface area contributed by atoms with Crippen molar-refractivity contribution in [2.75, 3.05) is 25.2 Å². The van der Waals surface area contributed by atoms with Gasteiger partial charge in [0.25, 0.3) is 0 Å². The molecule has 0 radical (unpaired) electrons. The molecule has 102 valence electrons. The molecule has 2 atom stereocenters. The van der Waals surface area contributed by atoms with Crippen LogP contribution in [0.25, 0.3) is 0 Å². The Bertz CT molecular complexity index is 346. The monoisotopic (exact) mass is 269 g/mol. The van der Waals surface area contributed by atoms with Crippen molar-refractivity contribution < 1.29 is 9.84 Å². The fraction of sp³-hybridized carbons (Fsp3) is 0.571. The van der Waals surface area contributed by atoms with Gasteiger partial charge in [-0.05, 0) is 31.7 Å². The van der Waals surface area contributed by atoms with Gasteiger partial charge in [-0.15, -0.1) is 0 Å². The molecule has 2 unspecified atom stereocenters. The fourth-order valence-corrected chi connectivity index (χ4v) is 2.23. The van der Waals surface area contributed by atoms with Crippen molar-refractivity contribution in [3.8, 4) is 5.75 Å². The third kappa shape index (κ3) is 5.76. The first-order valence-electron chi connectivity index (χ1n) is 6.22. The molecule has 1 rings (SSSR count).